The number of nitrogens with zero attached hydrogens (tertiary/aromatic N) is 1. The Morgan fingerprint density at radius 3 is 2.36 bits per heavy atom. The molecule has 0 aliphatic carbocycles. The van der Waals surface area contributed by atoms with Crippen molar-refractivity contribution in [3.63, 3.8) is 0 Å². The van der Waals surface area contributed by atoms with Crippen LogP contribution in [0.15, 0.2) is 42.5 Å². The molecule has 0 aromatic heterocycles. The minimum Gasteiger partial charge on any atom is -0.493 e. The minimum absolute atomic E-state index is 0.0534. The summed E-state index contributed by atoms with van der Waals surface area (Å²) in [6, 6.07) is 12.4. The standard InChI is InChI=1S/C18H20N2O5/c1-24-16-11-14(15(20(22)23)12-17(16)25-2)18(21)19-10-6-9-13-7-4-3-5-8-13/h3-5,7-8,11-12H,6,9-10H2,1-2H3,(H,19,21). The zero-order chi connectivity index (χ0) is 18.2. The van der Waals surface area contributed by atoms with Crippen LogP contribution in [0.25, 0.3) is 0 Å². The Bertz CT molecular complexity index is 747. The third-order valence-electron chi connectivity index (χ3n) is 3.71. The van der Waals surface area contributed by atoms with E-state index in [0.717, 1.165) is 12.8 Å². The summed E-state index contributed by atoms with van der Waals surface area (Å²) in [5.74, 6) is -0.0434. The lowest BCUT2D eigenvalue weighted by molar-refractivity contribution is -0.385. The third kappa shape index (κ3) is 4.69. The first kappa shape index (κ1) is 18.3. The molecule has 1 N–H and O–H groups in total. The van der Waals surface area contributed by atoms with Crippen LogP contribution in [0.1, 0.15) is 22.3 Å². The Morgan fingerprint density at radius 2 is 1.76 bits per heavy atom. The fraction of sp³-hybridized carbons (Fsp3) is 0.278. The highest BCUT2D eigenvalue weighted by atomic mass is 16.6. The summed E-state index contributed by atoms with van der Waals surface area (Å²) in [4.78, 5) is 23.0. The Morgan fingerprint density at radius 1 is 1.12 bits per heavy atom. The summed E-state index contributed by atoms with van der Waals surface area (Å²) in [6.07, 6.45) is 1.55. The first-order chi connectivity index (χ1) is 12.1. The van der Waals surface area contributed by atoms with Crippen LogP contribution in [0.2, 0.25) is 0 Å². The highest BCUT2D eigenvalue weighted by Crippen LogP contribution is 2.34. The van der Waals surface area contributed by atoms with Crippen LogP contribution in [0, 0.1) is 10.1 Å². The average Bonchev–Trinajstić information content (AvgIpc) is 2.64. The van der Waals surface area contributed by atoms with Gasteiger partial charge in [-0.25, -0.2) is 0 Å². The first-order valence-corrected chi connectivity index (χ1v) is 7.79. The van der Waals surface area contributed by atoms with E-state index in [2.05, 4.69) is 5.32 Å². The van der Waals surface area contributed by atoms with Gasteiger partial charge in [0.15, 0.2) is 11.5 Å². The van der Waals surface area contributed by atoms with Gasteiger partial charge in [-0.2, -0.15) is 0 Å². The molecule has 0 bridgehead atoms. The van der Waals surface area contributed by atoms with Crippen molar-refractivity contribution in [3.05, 3.63) is 63.7 Å². The van der Waals surface area contributed by atoms with E-state index < -0.39 is 10.8 Å². The number of hydrogen-bond acceptors (Lipinski definition) is 5. The molecule has 0 heterocycles. The van der Waals surface area contributed by atoms with Gasteiger partial charge < -0.3 is 14.8 Å². The zero-order valence-corrected chi connectivity index (χ0v) is 14.2. The highest BCUT2D eigenvalue weighted by Gasteiger charge is 2.24. The molecule has 2 rings (SSSR count). The number of ether oxygens (including phenoxy) is 2. The number of hydrogen-bond donors (Lipinski definition) is 1. The molecule has 0 radical (unpaired) electrons. The molecule has 1 amide bonds. The fourth-order valence-corrected chi connectivity index (χ4v) is 2.44. The van der Waals surface area contributed by atoms with E-state index in [1.165, 1.54) is 31.9 Å². The number of nitro benzene ring substituents is 1. The lowest BCUT2D eigenvalue weighted by Gasteiger charge is -2.11. The molecule has 2 aromatic rings. The van der Waals surface area contributed by atoms with Gasteiger partial charge in [-0.1, -0.05) is 30.3 Å². The average molecular weight is 344 g/mol. The van der Waals surface area contributed by atoms with Gasteiger partial charge >= 0.3 is 0 Å². The highest BCUT2D eigenvalue weighted by molar-refractivity contribution is 5.99. The van der Waals surface area contributed by atoms with Gasteiger partial charge in [-0.05, 0) is 18.4 Å². The maximum absolute atomic E-state index is 12.3. The lowest BCUT2D eigenvalue weighted by atomic mass is 10.1. The summed E-state index contributed by atoms with van der Waals surface area (Å²) in [6.45, 7) is 0.416. The number of rotatable bonds is 8. The second-order valence-electron chi connectivity index (χ2n) is 5.33. The van der Waals surface area contributed by atoms with Crippen molar-refractivity contribution in [1.29, 1.82) is 0 Å². The van der Waals surface area contributed by atoms with Crippen molar-refractivity contribution in [2.75, 3.05) is 20.8 Å². The SMILES string of the molecule is COc1cc(C(=O)NCCCc2ccccc2)c([N+](=O)[O-])cc1OC. The molecule has 0 aliphatic rings. The van der Waals surface area contributed by atoms with E-state index in [-0.39, 0.29) is 22.7 Å². The quantitative estimate of drug-likeness (QED) is 0.452. The first-order valence-electron chi connectivity index (χ1n) is 7.79. The predicted molar refractivity (Wildman–Crippen MR) is 93.3 cm³/mol. The number of nitrogens with one attached hydrogen (secondary N) is 1. The molecular formula is C18H20N2O5. The molecule has 0 saturated carbocycles. The van der Waals surface area contributed by atoms with Crippen LogP contribution in [0.4, 0.5) is 5.69 Å². The number of carbonyl (C=O) groups is 1. The maximum Gasteiger partial charge on any atom is 0.286 e. The Balaban J connectivity index is 2.06. The van der Waals surface area contributed by atoms with Crippen LogP contribution >= 0.6 is 0 Å². The Hall–Kier alpha value is -3.09. The Kier molecular flexibility index (Phi) is 6.33. The molecule has 0 saturated heterocycles. The van der Waals surface area contributed by atoms with E-state index in [0.29, 0.717) is 6.54 Å². The van der Waals surface area contributed by atoms with Crippen molar-refractivity contribution in [2.45, 2.75) is 12.8 Å². The molecular weight excluding hydrogens is 324 g/mol. The summed E-state index contributed by atoms with van der Waals surface area (Å²) >= 11 is 0. The monoisotopic (exact) mass is 344 g/mol. The third-order valence-corrected chi connectivity index (χ3v) is 3.71. The summed E-state index contributed by atoms with van der Waals surface area (Å²) in [7, 11) is 2.79. The van der Waals surface area contributed by atoms with Gasteiger partial charge in [0, 0.05) is 12.6 Å². The molecule has 25 heavy (non-hydrogen) atoms. The summed E-state index contributed by atoms with van der Waals surface area (Å²) < 4.78 is 10.2. The topological polar surface area (TPSA) is 90.7 Å². The van der Waals surface area contributed by atoms with Crippen molar-refractivity contribution < 1.29 is 19.2 Å². The van der Waals surface area contributed by atoms with Gasteiger partial charge in [-0.3, -0.25) is 14.9 Å². The summed E-state index contributed by atoms with van der Waals surface area (Å²) in [5.41, 5.74) is 0.800. The van der Waals surface area contributed by atoms with Crippen molar-refractivity contribution in [3.8, 4) is 11.5 Å². The van der Waals surface area contributed by atoms with Crippen LogP contribution in [0.5, 0.6) is 11.5 Å². The second kappa shape index (κ2) is 8.68. The number of benzene rings is 2. The van der Waals surface area contributed by atoms with Gasteiger partial charge in [0.05, 0.1) is 25.2 Å². The van der Waals surface area contributed by atoms with E-state index >= 15 is 0 Å². The van der Waals surface area contributed by atoms with Gasteiger partial charge in [0.1, 0.15) is 5.56 Å². The van der Waals surface area contributed by atoms with Gasteiger partial charge in [-0.15, -0.1) is 0 Å². The molecule has 7 heteroatoms. The molecule has 0 fully saturated rings. The largest absolute Gasteiger partial charge is 0.493 e. The normalized spacial score (nSPS) is 10.2. The molecule has 2 aromatic carbocycles. The van der Waals surface area contributed by atoms with Crippen LogP contribution in [-0.4, -0.2) is 31.6 Å². The van der Waals surface area contributed by atoms with E-state index in [1.807, 2.05) is 30.3 Å². The maximum atomic E-state index is 12.3. The number of carbonyl (C=O) groups excluding carboxylic acids is 1. The number of nitro groups is 1. The van der Waals surface area contributed by atoms with Crippen LogP contribution in [-0.2, 0) is 6.42 Å². The molecule has 0 aliphatic heterocycles. The molecule has 0 spiro atoms. The molecule has 0 atom stereocenters. The van der Waals surface area contributed by atoms with Gasteiger partial charge in [0.2, 0.25) is 0 Å². The second-order valence-corrected chi connectivity index (χ2v) is 5.33. The van der Waals surface area contributed by atoms with E-state index in [1.54, 1.807) is 0 Å². The number of methoxy groups -OCH3 is 2. The predicted octanol–water partition coefficient (Wildman–Crippen LogP) is 2.97. The number of aryl methyl sites for hydroxylation is 1. The number of amides is 1. The summed E-state index contributed by atoms with van der Waals surface area (Å²) in [5, 5.41) is 14.0. The Labute approximate surface area is 145 Å². The van der Waals surface area contributed by atoms with Crippen LogP contribution in [0.3, 0.4) is 0 Å². The van der Waals surface area contributed by atoms with Crippen LogP contribution < -0.4 is 14.8 Å². The van der Waals surface area contributed by atoms with Crippen molar-refractivity contribution in [2.24, 2.45) is 0 Å². The van der Waals surface area contributed by atoms with Crippen molar-refractivity contribution in [1.82, 2.24) is 5.32 Å². The molecule has 7 nitrogen and oxygen atoms in total. The van der Waals surface area contributed by atoms with Crippen molar-refractivity contribution >= 4 is 11.6 Å². The smallest absolute Gasteiger partial charge is 0.286 e. The van der Waals surface area contributed by atoms with Gasteiger partial charge in [0.25, 0.3) is 11.6 Å². The molecule has 0 unspecified atom stereocenters. The fourth-order valence-electron chi connectivity index (χ4n) is 2.44. The van der Waals surface area contributed by atoms with E-state index in [9.17, 15) is 14.9 Å². The van der Waals surface area contributed by atoms with E-state index in [4.69, 9.17) is 9.47 Å². The lowest BCUT2D eigenvalue weighted by Crippen LogP contribution is -2.25. The zero-order valence-electron chi connectivity index (χ0n) is 14.2. The minimum atomic E-state index is -0.610. The molecule has 132 valence electrons.